The lowest BCUT2D eigenvalue weighted by atomic mass is 9.94. The Hall–Kier alpha value is -6.68. The van der Waals surface area contributed by atoms with Gasteiger partial charge in [-0.15, -0.1) is 11.3 Å². The van der Waals surface area contributed by atoms with Gasteiger partial charge < -0.3 is 0 Å². The fourth-order valence-electron chi connectivity index (χ4n) is 7.40. The summed E-state index contributed by atoms with van der Waals surface area (Å²) in [6.45, 7) is 0. The predicted molar refractivity (Wildman–Crippen MR) is 225 cm³/mol. The Morgan fingerprint density at radius 3 is 1.70 bits per heavy atom. The molecule has 0 aliphatic heterocycles. The number of benzene rings is 8. The SMILES string of the molecule is c1ccc(-c2cc(-c3ccc4c(c3)sc3ccccc34)cc(-c3cc(-c4ccccc4)nc(-c4ccccc4-c4ccc5ccccc5c4)n3)c2)cc1. The molecule has 2 heterocycles. The quantitative estimate of drug-likeness (QED) is 0.173. The summed E-state index contributed by atoms with van der Waals surface area (Å²) in [5, 5.41) is 5.04. The molecule has 0 saturated carbocycles. The molecule has 0 amide bonds. The lowest BCUT2D eigenvalue weighted by Gasteiger charge is -2.15. The highest BCUT2D eigenvalue weighted by molar-refractivity contribution is 7.25. The first-order chi connectivity index (χ1) is 26.2. The van der Waals surface area contributed by atoms with Crippen LogP contribution in [0.5, 0.6) is 0 Å². The second-order valence-electron chi connectivity index (χ2n) is 13.4. The van der Waals surface area contributed by atoms with Gasteiger partial charge in [-0.3, -0.25) is 0 Å². The molecule has 2 aromatic heterocycles. The molecule has 10 aromatic rings. The van der Waals surface area contributed by atoms with Crippen LogP contribution in [0.1, 0.15) is 0 Å². The number of hydrogen-bond donors (Lipinski definition) is 0. The Labute approximate surface area is 312 Å². The smallest absolute Gasteiger partial charge is 0.161 e. The Morgan fingerprint density at radius 1 is 0.302 bits per heavy atom. The molecule has 0 bridgehead atoms. The second-order valence-corrected chi connectivity index (χ2v) is 14.5. The lowest BCUT2D eigenvalue weighted by molar-refractivity contribution is 1.18. The highest BCUT2D eigenvalue weighted by Crippen LogP contribution is 2.40. The number of rotatable bonds is 6. The van der Waals surface area contributed by atoms with Gasteiger partial charge in [0.05, 0.1) is 11.4 Å². The summed E-state index contributed by atoms with van der Waals surface area (Å²) in [6.07, 6.45) is 0. The van der Waals surface area contributed by atoms with E-state index < -0.39 is 0 Å². The maximum absolute atomic E-state index is 5.39. The zero-order valence-electron chi connectivity index (χ0n) is 28.8. The minimum absolute atomic E-state index is 0.698. The van der Waals surface area contributed by atoms with Gasteiger partial charge in [0, 0.05) is 36.9 Å². The zero-order valence-corrected chi connectivity index (χ0v) is 29.6. The number of thiophene rings is 1. The van der Waals surface area contributed by atoms with Crippen LogP contribution in [-0.2, 0) is 0 Å². The van der Waals surface area contributed by atoms with Crippen molar-refractivity contribution in [1.82, 2.24) is 9.97 Å². The zero-order chi connectivity index (χ0) is 35.1. The minimum Gasteiger partial charge on any atom is -0.228 e. The van der Waals surface area contributed by atoms with E-state index in [4.69, 9.17) is 9.97 Å². The monoisotopic (exact) mass is 692 g/mol. The van der Waals surface area contributed by atoms with E-state index in [-0.39, 0.29) is 0 Å². The first-order valence-corrected chi connectivity index (χ1v) is 18.7. The molecule has 0 fully saturated rings. The van der Waals surface area contributed by atoms with E-state index in [1.54, 1.807) is 0 Å². The van der Waals surface area contributed by atoms with Crippen LogP contribution in [0.25, 0.3) is 98.2 Å². The molecule has 0 unspecified atom stereocenters. The highest BCUT2D eigenvalue weighted by atomic mass is 32.1. The van der Waals surface area contributed by atoms with E-state index in [9.17, 15) is 0 Å². The summed E-state index contributed by atoms with van der Waals surface area (Å²) in [5.74, 6) is 0.698. The van der Waals surface area contributed by atoms with E-state index in [0.717, 1.165) is 55.9 Å². The largest absolute Gasteiger partial charge is 0.228 e. The molecule has 0 spiro atoms. The highest BCUT2D eigenvalue weighted by Gasteiger charge is 2.17. The minimum atomic E-state index is 0.698. The maximum Gasteiger partial charge on any atom is 0.161 e. The Kier molecular flexibility index (Phi) is 7.71. The van der Waals surface area contributed by atoms with Gasteiger partial charge in [-0.25, -0.2) is 9.97 Å². The number of aromatic nitrogens is 2. The lowest BCUT2D eigenvalue weighted by Crippen LogP contribution is -1.98. The molecule has 10 rings (SSSR count). The van der Waals surface area contributed by atoms with Gasteiger partial charge >= 0.3 is 0 Å². The number of hydrogen-bond acceptors (Lipinski definition) is 3. The fraction of sp³-hybridized carbons (Fsp3) is 0. The normalized spacial score (nSPS) is 11.4. The van der Waals surface area contributed by atoms with Crippen molar-refractivity contribution < 1.29 is 0 Å². The van der Waals surface area contributed by atoms with Crippen LogP contribution in [0.4, 0.5) is 0 Å². The fourth-order valence-corrected chi connectivity index (χ4v) is 8.55. The third-order valence-electron chi connectivity index (χ3n) is 10.1. The maximum atomic E-state index is 5.39. The Morgan fingerprint density at radius 2 is 0.887 bits per heavy atom. The molecule has 0 radical (unpaired) electrons. The topological polar surface area (TPSA) is 25.8 Å². The van der Waals surface area contributed by atoms with Crippen molar-refractivity contribution in [3.63, 3.8) is 0 Å². The van der Waals surface area contributed by atoms with Gasteiger partial charge in [-0.05, 0) is 86.6 Å². The first kappa shape index (κ1) is 31.1. The van der Waals surface area contributed by atoms with Crippen molar-refractivity contribution in [3.05, 3.63) is 194 Å². The van der Waals surface area contributed by atoms with Crippen molar-refractivity contribution in [2.45, 2.75) is 0 Å². The van der Waals surface area contributed by atoms with Crippen molar-refractivity contribution in [1.29, 1.82) is 0 Å². The molecule has 248 valence electrons. The van der Waals surface area contributed by atoms with Gasteiger partial charge in [0.25, 0.3) is 0 Å². The van der Waals surface area contributed by atoms with E-state index in [1.165, 1.54) is 36.5 Å². The molecule has 53 heavy (non-hydrogen) atoms. The summed E-state index contributed by atoms with van der Waals surface area (Å²) in [6, 6.07) is 69.3. The molecular weight excluding hydrogens is 661 g/mol. The van der Waals surface area contributed by atoms with Gasteiger partial charge in [-0.1, -0.05) is 152 Å². The van der Waals surface area contributed by atoms with Gasteiger partial charge in [0.15, 0.2) is 5.82 Å². The third-order valence-corrected chi connectivity index (χ3v) is 11.2. The summed E-state index contributed by atoms with van der Waals surface area (Å²) in [5.41, 5.74) is 11.7. The molecule has 2 nitrogen and oxygen atoms in total. The summed E-state index contributed by atoms with van der Waals surface area (Å²) < 4.78 is 2.60. The molecule has 0 atom stereocenters. The van der Waals surface area contributed by atoms with Crippen molar-refractivity contribution in [3.8, 4) is 67.3 Å². The molecule has 0 saturated heterocycles. The average molecular weight is 693 g/mol. The van der Waals surface area contributed by atoms with E-state index in [2.05, 4.69) is 188 Å². The van der Waals surface area contributed by atoms with E-state index in [1.807, 2.05) is 17.4 Å². The molecule has 0 aliphatic rings. The molecule has 8 aromatic carbocycles. The number of fused-ring (bicyclic) bond motifs is 4. The Bertz CT molecular complexity index is 2950. The van der Waals surface area contributed by atoms with Crippen LogP contribution in [0, 0.1) is 0 Å². The first-order valence-electron chi connectivity index (χ1n) is 17.9. The molecule has 0 N–H and O–H groups in total. The Balaban J connectivity index is 1.18. The van der Waals surface area contributed by atoms with E-state index in [0.29, 0.717) is 5.82 Å². The summed E-state index contributed by atoms with van der Waals surface area (Å²) in [7, 11) is 0. The molecule has 3 heteroatoms. The van der Waals surface area contributed by atoms with Crippen LogP contribution >= 0.6 is 11.3 Å². The van der Waals surface area contributed by atoms with Crippen LogP contribution in [0.3, 0.4) is 0 Å². The summed E-state index contributed by atoms with van der Waals surface area (Å²) in [4.78, 5) is 10.6. The van der Waals surface area contributed by atoms with Crippen LogP contribution in [0.15, 0.2) is 194 Å². The standard InChI is InChI=1S/C50H32N2S/c1-3-13-33(14-4-1)39-28-40(37-25-26-44-43-20-11-12-22-48(43)53-49(44)31-37)30-41(29-39)47-32-46(35-16-5-2-6-17-35)51-50(52-47)45-21-10-9-19-42(45)38-24-23-34-15-7-8-18-36(34)27-38/h1-32H. The second kappa shape index (κ2) is 13.1. The van der Waals surface area contributed by atoms with Crippen molar-refractivity contribution in [2.75, 3.05) is 0 Å². The van der Waals surface area contributed by atoms with Crippen LogP contribution < -0.4 is 0 Å². The van der Waals surface area contributed by atoms with Gasteiger partial charge in [0.2, 0.25) is 0 Å². The third kappa shape index (κ3) is 5.87. The summed E-state index contributed by atoms with van der Waals surface area (Å²) >= 11 is 1.85. The molecule has 0 aliphatic carbocycles. The van der Waals surface area contributed by atoms with Gasteiger partial charge in [-0.2, -0.15) is 0 Å². The van der Waals surface area contributed by atoms with Crippen molar-refractivity contribution in [2.24, 2.45) is 0 Å². The average Bonchev–Trinajstić information content (AvgIpc) is 3.62. The van der Waals surface area contributed by atoms with Crippen LogP contribution in [-0.4, -0.2) is 9.97 Å². The van der Waals surface area contributed by atoms with E-state index >= 15 is 0 Å². The molecular formula is C50H32N2S. The number of nitrogens with zero attached hydrogens (tertiary/aromatic N) is 2. The van der Waals surface area contributed by atoms with Gasteiger partial charge in [0.1, 0.15) is 0 Å². The predicted octanol–water partition coefficient (Wildman–Crippen LogP) is 14.0. The van der Waals surface area contributed by atoms with Crippen molar-refractivity contribution >= 4 is 42.3 Å². The van der Waals surface area contributed by atoms with Crippen LogP contribution in [0.2, 0.25) is 0 Å².